The van der Waals surface area contributed by atoms with Crippen LogP contribution in [-0.4, -0.2) is 34.6 Å². The molecule has 8 heteroatoms. The van der Waals surface area contributed by atoms with Crippen LogP contribution in [-0.2, 0) is 12.7 Å². The van der Waals surface area contributed by atoms with Crippen LogP contribution in [0.3, 0.4) is 0 Å². The molecule has 0 N–H and O–H groups in total. The van der Waals surface area contributed by atoms with Crippen LogP contribution in [0, 0.1) is 0 Å². The van der Waals surface area contributed by atoms with Gasteiger partial charge < -0.3 is 9.64 Å². The molecule has 134 valence electrons. The standard InChI is InChI=1S/C18H14F3N3O2/c1-23-9-11-7-10(3-4-13(11)17(23)25)12-5-6-16(26-2)24-14(12)8-15(22-24)18(19,20)21/h3-8H,9H2,1-2H3. The number of pyridine rings is 1. The van der Waals surface area contributed by atoms with Crippen molar-refractivity contribution in [3.05, 3.63) is 53.2 Å². The first-order valence-electron chi connectivity index (χ1n) is 7.82. The Bertz CT molecular complexity index is 1040. The van der Waals surface area contributed by atoms with Crippen LogP contribution in [0.1, 0.15) is 21.6 Å². The minimum Gasteiger partial charge on any atom is -0.481 e. The van der Waals surface area contributed by atoms with Gasteiger partial charge in [-0.25, -0.2) is 0 Å². The van der Waals surface area contributed by atoms with Gasteiger partial charge in [0.15, 0.2) is 5.69 Å². The third-order valence-electron chi connectivity index (χ3n) is 4.49. The predicted octanol–water partition coefficient (Wildman–Crippen LogP) is 3.61. The Kier molecular flexibility index (Phi) is 3.47. The Morgan fingerprint density at radius 3 is 2.54 bits per heavy atom. The zero-order valence-corrected chi connectivity index (χ0v) is 14.0. The molecule has 3 aromatic rings. The number of methoxy groups -OCH3 is 1. The molecule has 26 heavy (non-hydrogen) atoms. The van der Waals surface area contributed by atoms with Gasteiger partial charge in [-0.05, 0) is 35.4 Å². The van der Waals surface area contributed by atoms with Crippen molar-refractivity contribution in [2.45, 2.75) is 12.7 Å². The van der Waals surface area contributed by atoms with Crippen LogP contribution in [0.25, 0.3) is 16.6 Å². The number of hydrogen-bond donors (Lipinski definition) is 0. The van der Waals surface area contributed by atoms with E-state index in [1.807, 2.05) is 6.07 Å². The zero-order valence-electron chi connectivity index (χ0n) is 14.0. The van der Waals surface area contributed by atoms with Gasteiger partial charge in [-0.3, -0.25) is 4.79 Å². The lowest BCUT2D eigenvalue weighted by molar-refractivity contribution is -0.141. The van der Waals surface area contributed by atoms with Crippen LogP contribution in [0.15, 0.2) is 36.4 Å². The van der Waals surface area contributed by atoms with Crippen molar-refractivity contribution in [3.8, 4) is 17.0 Å². The summed E-state index contributed by atoms with van der Waals surface area (Å²) in [5.74, 6) is 0.144. The summed E-state index contributed by atoms with van der Waals surface area (Å²) in [6, 6.07) is 9.54. The Labute approximate surface area is 146 Å². The summed E-state index contributed by atoms with van der Waals surface area (Å²) in [4.78, 5) is 13.6. The van der Waals surface area contributed by atoms with Gasteiger partial charge in [-0.1, -0.05) is 6.07 Å². The molecule has 1 aromatic carbocycles. The second-order valence-corrected chi connectivity index (χ2v) is 6.15. The molecular weight excluding hydrogens is 347 g/mol. The monoisotopic (exact) mass is 361 g/mol. The van der Waals surface area contributed by atoms with Gasteiger partial charge >= 0.3 is 6.18 Å². The highest BCUT2D eigenvalue weighted by Gasteiger charge is 2.35. The van der Waals surface area contributed by atoms with E-state index in [-0.39, 0.29) is 17.3 Å². The van der Waals surface area contributed by atoms with E-state index in [4.69, 9.17) is 4.74 Å². The lowest BCUT2D eigenvalue weighted by Gasteiger charge is -2.09. The fourth-order valence-electron chi connectivity index (χ4n) is 3.22. The van der Waals surface area contributed by atoms with E-state index in [0.717, 1.165) is 16.1 Å². The second-order valence-electron chi connectivity index (χ2n) is 6.15. The molecule has 1 aliphatic rings. The highest BCUT2D eigenvalue weighted by atomic mass is 19.4. The molecule has 0 aliphatic carbocycles. The van der Waals surface area contributed by atoms with Crippen LogP contribution < -0.4 is 4.74 Å². The third-order valence-corrected chi connectivity index (χ3v) is 4.49. The molecule has 0 saturated carbocycles. The number of carbonyl (C=O) groups excluding carboxylic acids is 1. The maximum absolute atomic E-state index is 13.1. The summed E-state index contributed by atoms with van der Waals surface area (Å²) in [7, 11) is 3.08. The predicted molar refractivity (Wildman–Crippen MR) is 88.0 cm³/mol. The quantitative estimate of drug-likeness (QED) is 0.701. The van der Waals surface area contributed by atoms with Crippen molar-refractivity contribution in [3.63, 3.8) is 0 Å². The normalized spacial score (nSPS) is 14.2. The summed E-state index contributed by atoms with van der Waals surface area (Å²) in [5, 5.41) is 3.64. The molecule has 0 atom stereocenters. The van der Waals surface area contributed by atoms with E-state index >= 15 is 0 Å². The van der Waals surface area contributed by atoms with Crippen LogP contribution in [0.2, 0.25) is 0 Å². The Morgan fingerprint density at radius 1 is 1.12 bits per heavy atom. The number of benzene rings is 1. The molecule has 4 rings (SSSR count). The maximum Gasteiger partial charge on any atom is 0.435 e. The van der Waals surface area contributed by atoms with Gasteiger partial charge in [0.2, 0.25) is 5.88 Å². The Hall–Kier alpha value is -3.03. The van der Waals surface area contributed by atoms with Crippen molar-refractivity contribution < 1.29 is 22.7 Å². The zero-order chi connectivity index (χ0) is 18.6. The molecular formula is C18H14F3N3O2. The molecule has 0 bridgehead atoms. The van der Waals surface area contributed by atoms with Gasteiger partial charge in [0.25, 0.3) is 5.91 Å². The lowest BCUT2D eigenvalue weighted by atomic mass is 10.00. The van der Waals surface area contributed by atoms with Gasteiger partial charge in [0.1, 0.15) is 0 Å². The van der Waals surface area contributed by atoms with E-state index in [2.05, 4.69) is 5.10 Å². The van der Waals surface area contributed by atoms with Crippen molar-refractivity contribution in [1.29, 1.82) is 0 Å². The van der Waals surface area contributed by atoms with Crippen molar-refractivity contribution >= 4 is 11.4 Å². The number of ether oxygens (including phenoxy) is 1. The van der Waals surface area contributed by atoms with Crippen molar-refractivity contribution in [2.24, 2.45) is 0 Å². The average molecular weight is 361 g/mol. The number of halogens is 3. The van der Waals surface area contributed by atoms with Crippen molar-refractivity contribution in [1.82, 2.24) is 14.5 Å². The largest absolute Gasteiger partial charge is 0.481 e. The molecule has 0 radical (unpaired) electrons. The van der Waals surface area contributed by atoms with Gasteiger partial charge in [0, 0.05) is 30.8 Å². The van der Waals surface area contributed by atoms with E-state index in [9.17, 15) is 18.0 Å². The first-order valence-corrected chi connectivity index (χ1v) is 7.82. The van der Waals surface area contributed by atoms with E-state index in [1.54, 1.807) is 36.2 Å². The summed E-state index contributed by atoms with van der Waals surface area (Å²) < 4.78 is 45.6. The number of aromatic nitrogens is 2. The van der Waals surface area contributed by atoms with Crippen LogP contribution >= 0.6 is 0 Å². The molecule has 0 unspecified atom stereocenters. The molecule has 0 spiro atoms. The summed E-state index contributed by atoms with van der Waals surface area (Å²) >= 11 is 0. The Morgan fingerprint density at radius 2 is 1.85 bits per heavy atom. The minimum atomic E-state index is -4.55. The van der Waals surface area contributed by atoms with Crippen molar-refractivity contribution in [2.75, 3.05) is 14.2 Å². The van der Waals surface area contributed by atoms with Gasteiger partial charge in [-0.2, -0.15) is 22.8 Å². The number of nitrogens with zero attached hydrogens (tertiary/aromatic N) is 3. The number of amides is 1. The SMILES string of the molecule is COc1ccc(-c2ccc3c(c2)CN(C)C3=O)c2cc(C(F)(F)F)nn12. The summed E-state index contributed by atoms with van der Waals surface area (Å²) in [6.45, 7) is 0.474. The lowest BCUT2D eigenvalue weighted by Crippen LogP contribution is -2.17. The fraction of sp³-hybridized carbons (Fsp3) is 0.222. The van der Waals surface area contributed by atoms with E-state index in [1.165, 1.54) is 7.11 Å². The molecule has 2 aromatic heterocycles. The number of hydrogen-bond acceptors (Lipinski definition) is 3. The first kappa shape index (κ1) is 16.4. The first-order chi connectivity index (χ1) is 12.3. The smallest absolute Gasteiger partial charge is 0.435 e. The maximum atomic E-state index is 13.1. The summed E-state index contributed by atoms with van der Waals surface area (Å²) in [5.41, 5.74) is 2.06. The highest BCUT2D eigenvalue weighted by Crippen LogP contribution is 2.35. The number of carbonyl (C=O) groups is 1. The molecule has 0 fully saturated rings. The topological polar surface area (TPSA) is 46.8 Å². The third kappa shape index (κ3) is 2.40. The van der Waals surface area contributed by atoms with Gasteiger partial charge in [-0.15, -0.1) is 0 Å². The molecule has 0 saturated heterocycles. The number of fused-ring (bicyclic) bond motifs is 2. The van der Waals surface area contributed by atoms with Crippen LogP contribution in [0.4, 0.5) is 13.2 Å². The minimum absolute atomic E-state index is 0.0601. The number of alkyl halides is 3. The average Bonchev–Trinajstić information content (AvgIpc) is 3.16. The second kappa shape index (κ2) is 5.48. The molecule has 1 amide bonds. The van der Waals surface area contributed by atoms with E-state index < -0.39 is 11.9 Å². The van der Waals surface area contributed by atoms with E-state index in [0.29, 0.717) is 23.2 Å². The summed E-state index contributed by atoms with van der Waals surface area (Å²) in [6.07, 6.45) is -4.55. The number of rotatable bonds is 2. The highest BCUT2D eigenvalue weighted by molar-refractivity contribution is 5.99. The fourth-order valence-corrected chi connectivity index (χ4v) is 3.22. The van der Waals surface area contributed by atoms with Gasteiger partial charge in [0.05, 0.1) is 12.6 Å². The molecule has 1 aliphatic heterocycles. The van der Waals surface area contributed by atoms with Crippen LogP contribution in [0.5, 0.6) is 5.88 Å². The molecule has 5 nitrogen and oxygen atoms in total. The molecule has 3 heterocycles. The Balaban J connectivity index is 1.91.